The van der Waals surface area contributed by atoms with Gasteiger partial charge in [-0.3, -0.25) is 0 Å². The molecule has 0 aliphatic heterocycles. The van der Waals surface area contributed by atoms with Crippen molar-refractivity contribution in [3.05, 3.63) is 18.0 Å². The van der Waals surface area contributed by atoms with Crippen LogP contribution in [-0.4, -0.2) is 15.0 Å². The van der Waals surface area contributed by atoms with E-state index in [9.17, 15) is 0 Å². The smallest absolute Gasteiger partial charge is 0.134 e. The normalized spacial score (nSPS) is 10.5. The third kappa shape index (κ3) is 1.97. The molecule has 3 heteroatoms. The standard InChI is InChI=1S/C8H13N3/c1-4-7-9-5-10-8(11-7)6(2)3/h5-6H,4H2,1-3H3. The van der Waals surface area contributed by atoms with E-state index in [0.29, 0.717) is 5.92 Å². The van der Waals surface area contributed by atoms with Gasteiger partial charge in [0.15, 0.2) is 0 Å². The number of hydrogen-bond acceptors (Lipinski definition) is 3. The SMILES string of the molecule is CCc1ncnc(C(C)C)n1. The lowest BCUT2D eigenvalue weighted by Crippen LogP contribution is -2.02. The van der Waals surface area contributed by atoms with Crippen molar-refractivity contribution in [1.82, 2.24) is 15.0 Å². The molecule has 0 N–H and O–H groups in total. The van der Waals surface area contributed by atoms with Crippen molar-refractivity contribution in [2.75, 3.05) is 0 Å². The van der Waals surface area contributed by atoms with Crippen LogP contribution in [0.15, 0.2) is 6.33 Å². The Morgan fingerprint density at radius 1 is 1.36 bits per heavy atom. The second kappa shape index (κ2) is 3.42. The van der Waals surface area contributed by atoms with Crippen molar-refractivity contribution >= 4 is 0 Å². The third-order valence-electron chi connectivity index (χ3n) is 1.47. The zero-order valence-corrected chi connectivity index (χ0v) is 7.20. The Bertz CT molecular complexity index is 233. The molecule has 1 rings (SSSR count). The molecule has 0 amide bonds. The molecule has 0 atom stereocenters. The predicted octanol–water partition coefficient (Wildman–Crippen LogP) is 1.56. The van der Waals surface area contributed by atoms with Gasteiger partial charge in [-0.05, 0) is 0 Å². The van der Waals surface area contributed by atoms with Crippen LogP contribution in [0.25, 0.3) is 0 Å². The zero-order chi connectivity index (χ0) is 8.27. The van der Waals surface area contributed by atoms with Crippen LogP contribution in [-0.2, 0) is 6.42 Å². The highest BCUT2D eigenvalue weighted by Gasteiger charge is 2.02. The van der Waals surface area contributed by atoms with Gasteiger partial charge in [0.1, 0.15) is 18.0 Å². The highest BCUT2D eigenvalue weighted by Crippen LogP contribution is 2.06. The summed E-state index contributed by atoms with van der Waals surface area (Å²) in [5.74, 6) is 2.16. The van der Waals surface area contributed by atoms with E-state index in [1.807, 2.05) is 6.92 Å². The van der Waals surface area contributed by atoms with Gasteiger partial charge in [-0.2, -0.15) is 0 Å². The Morgan fingerprint density at radius 3 is 2.64 bits per heavy atom. The molecule has 0 bridgehead atoms. The molecule has 0 aliphatic rings. The van der Waals surface area contributed by atoms with E-state index in [0.717, 1.165) is 18.1 Å². The lowest BCUT2D eigenvalue weighted by Gasteiger charge is -2.02. The molecule has 0 radical (unpaired) electrons. The molecule has 1 heterocycles. The van der Waals surface area contributed by atoms with Gasteiger partial charge in [-0.15, -0.1) is 0 Å². The number of rotatable bonds is 2. The van der Waals surface area contributed by atoms with Crippen LogP contribution in [0.4, 0.5) is 0 Å². The molecule has 3 nitrogen and oxygen atoms in total. The van der Waals surface area contributed by atoms with Crippen LogP contribution in [0.1, 0.15) is 38.3 Å². The summed E-state index contributed by atoms with van der Waals surface area (Å²) in [5, 5.41) is 0. The van der Waals surface area contributed by atoms with E-state index >= 15 is 0 Å². The van der Waals surface area contributed by atoms with Gasteiger partial charge >= 0.3 is 0 Å². The molecule has 0 aliphatic carbocycles. The largest absolute Gasteiger partial charge is 0.221 e. The molecule has 1 aromatic heterocycles. The topological polar surface area (TPSA) is 38.7 Å². The minimum atomic E-state index is 0.392. The Balaban J connectivity index is 2.91. The second-order valence-electron chi connectivity index (χ2n) is 2.77. The minimum absolute atomic E-state index is 0.392. The average Bonchev–Trinajstić information content (AvgIpc) is 2.05. The first kappa shape index (κ1) is 8.11. The second-order valence-corrected chi connectivity index (χ2v) is 2.77. The number of hydrogen-bond donors (Lipinski definition) is 0. The predicted molar refractivity (Wildman–Crippen MR) is 43.3 cm³/mol. The van der Waals surface area contributed by atoms with Gasteiger partial charge in [0.25, 0.3) is 0 Å². The summed E-state index contributed by atoms with van der Waals surface area (Å²) in [6.45, 7) is 6.20. The monoisotopic (exact) mass is 151 g/mol. The average molecular weight is 151 g/mol. The van der Waals surface area contributed by atoms with Crippen molar-refractivity contribution < 1.29 is 0 Å². The van der Waals surface area contributed by atoms with E-state index in [1.165, 1.54) is 0 Å². The Kier molecular flexibility index (Phi) is 2.52. The first-order chi connectivity index (χ1) is 5.24. The van der Waals surface area contributed by atoms with E-state index in [1.54, 1.807) is 6.33 Å². The van der Waals surface area contributed by atoms with Gasteiger partial charge in [-0.1, -0.05) is 20.8 Å². The van der Waals surface area contributed by atoms with E-state index in [4.69, 9.17) is 0 Å². The number of aryl methyl sites for hydroxylation is 1. The molecule has 0 fully saturated rings. The summed E-state index contributed by atoms with van der Waals surface area (Å²) in [6, 6.07) is 0. The molecular weight excluding hydrogens is 138 g/mol. The maximum absolute atomic E-state index is 4.27. The summed E-state index contributed by atoms with van der Waals surface area (Å²) in [7, 11) is 0. The van der Waals surface area contributed by atoms with Crippen LogP contribution in [0.2, 0.25) is 0 Å². The number of aromatic nitrogens is 3. The molecule has 0 aromatic carbocycles. The van der Waals surface area contributed by atoms with Crippen LogP contribution >= 0.6 is 0 Å². The van der Waals surface area contributed by atoms with Gasteiger partial charge in [0.2, 0.25) is 0 Å². The first-order valence-electron chi connectivity index (χ1n) is 3.91. The Hall–Kier alpha value is -0.990. The third-order valence-corrected chi connectivity index (χ3v) is 1.47. The van der Waals surface area contributed by atoms with E-state index in [-0.39, 0.29) is 0 Å². The Morgan fingerprint density at radius 2 is 2.09 bits per heavy atom. The molecular formula is C8H13N3. The molecule has 0 saturated heterocycles. The van der Waals surface area contributed by atoms with Gasteiger partial charge in [0.05, 0.1) is 0 Å². The van der Waals surface area contributed by atoms with E-state index < -0.39 is 0 Å². The van der Waals surface area contributed by atoms with Crippen molar-refractivity contribution in [2.45, 2.75) is 33.1 Å². The summed E-state index contributed by atoms with van der Waals surface area (Å²) < 4.78 is 0. The molecule has 1 aromatic rings. The molecule has 60 valence electrons. The quantitative estimate of drug-likeness (QED) is 0.643. The first-order valence-corrected chi connectivity index (χ1v) is 3.91. The highest BCUT2D eigenvalue weighted by molar-refractivity contribution is 4.94. The fourth-order valence-electron chi connectivity index (χ4n) is 0.793. The van der Waals surface area contributed by atoms with E-state index in [2.05, 4.69) is 28.8 Å². The van der Waals surface area contributed by atoms with Crippen LogP contribution in [0.3, 0.4) is 0 Å². The summed E-state index contributed by atoms with van der Waals surface area (Å²) in [4.78, 5) is 12.4. The van der Waals surface area contributed by atoms with Crippen LogP contribution < -0.4 is 0 Å². The fraction of sp³-hybridized carbons (Fsp3) is 0.625. The van der Waals surface area contributed by atoms with Crippen LogP contribution in [0.5, 0.6) is 0 Å². The van der Waals surface area contributed by atoms with Gasteiger partial charge < -0.3 is 0 Å². The zero-order valence-electron chi connectivity index (χ0n) is 7.20. The van der Waals surface area contributed by atoms with Crippen molar-refractivity contribution in [2.24, 2.45) is 0 Å². The summed E-state index contributed by atoms with van der Waals surface area (Å²) >= 11 is 0. The minimum Gasteiger partial charge on any atom is -0.221 e. The summed E-state index contributed by atoms with van der Waals surface area (Å²) in [5.41, 5.74) is 0. The molecule has 11 heavy (non-hydrogen) atoms. The van der Waals surface area contributed by atoms with Gasteiger partial charge in [0, 0.05) is 12.3 Å². The Labute approximate surface area is 66.9 Å². The number of nitrogens with zero attached hydrogens (tertiary/aromatic N) is 3. The molecule has 0 saturated carbocycles. The lowest BCUT2D eigenvalue weighted by atomic mass is 10.2. The summed E-state index contributed by atoms with van der Waals surface area (Å²) in [6.07, 6.45) is 2.46. The fourth-order valence-corrected chi connectivity index (χ4v) is 0.793. The molecule has 0 unspecified atom stereocenters. The van der Waals surface area contributed by atoms with Crippen molar-refractivity contribution in [1.29, 1.82) is 0 Å². The highest BCUT2D eigenvalue weighted by atomic mass is 15.0. The van der Waals surface area contributed by atoms with Gasteiger partial charge in [-0.25, -0.2) is 15.0 Å². The lowest BCUT2D eigenvalue weighted by molar-refractivity contribution is 0.733. The maximum Gasteiger partial charge on any atom is 0.134 e. The van der Waals surface area contributed by atoms with Crippen molar-refractivity contribution in [3.8, 4) is 0 Å². The van der Waals surface area contributed by atoms with Crippen LogP contribution in [0, 0.1) is 0 Å². The maximum atomic E-state index is 4.27. The molecule has 0 spiro atoms. The van der Waals surface area contributed by atoms with Crippen molar-refractivity contribution in [3.63, 3.8) is 0 Å².